The van der Waals surface area contributed by atoms with Crippen LogP contribution >= 0.6 is 0 Å². The van der Waals surface area contributed by atoms with Gasteiger partial charge in [0.05, 0.1) is 0 Å². The maximum atomic E-state index is 4.11. The fourth-order valence-corrected chi connectivity index (χ4v) is 2.20. The highest BCUT2D eigenvalue weighted by molar-refractivity contribution is 5.23. The summed E-state index contributed by atoms with van der Waals surface area (Å²) in [4.78, 5) is 2.43. The maximum absolute atomic E-state index is 4.11. The molecule has 0 aromatic heterocycles. The molecule has 1 fully saturated rings. The van der Waals surface area contributed by atoms with Gasteiger partial charge in [-0.15, -0.1) is 0 Å². The Kier molecular flexibility index (Phi) is 4.85. The molecule has 0 spiro atoms. The molecule has 0 bridgehead atoms. The minimum atomic E-state index is 0.796. The average Bonchev–Trinajstić information content (AvgIpc) is 2.28. The van der Waals surface area contributed by atoms with E-state index < -0.39 is 0 Å². The SMILES string of the molecule is C=C(C)C(=C)CC1CCN(C(=C)CC)CC1. The van der Waals surface area contributed by atoms with E-state index in [1.54, 1.807) is 0 Å². The van der Waals surface area contributed by atoms with E-state index in [0.29, 0.717) is 0 Å². The van der Waals surface area contributed by atoms with Gasteiger partial charge in [-0.05, 0) is 38.5 Å². The zero-order chi connectivity index (χ0) is 12.1. The number of hydrogen-bond donors (Lipinski definition) is 0. The van der Waals surface area contributed by atoms with Crippen LogP contribution in [0.1, 0.15) is 39.5 Å². The van der Waals surface area contributed by atoms with Crippen LogP contribution in [0, 0.1) is 5.92 Å². The highest BCUT2D eigenvalue weighted by atomic mass is 15.1. The first-order valence-electron chi connectivity index (χ1n) is 6.31. The van der Waals surface area contributed by atoms with E-state index in [1.807, 2.05) is 0 Å². The Morgan fingerprint density at radius 1 is 1.19 bits per heavy atom. The summed E-state index contributed by atoms with van der Waals surface area (Å²) < 4.78 is 0. The van der Waals surface area contributed by atoms with Crippen molar-refractivity contribution >= 4 is 0 Å². The summed E-state index contributed by atoms with van der Waals surface area (Å²) in [7, 11) is 0. The zero-order valence-corrected chi connectivity index (χ0v) is 10.9. The second kappa shape index (κ2) is 5.93. The molecular weight excluding hydrogens is 194 g/mol. The second-order valence-corrected chi connectivity index (χ2v) is 4.94. The van der Waals surface area contributed by atoms with Gasteiger partial charge in [0.1, 0.15) is 0 Å². The van der Waals surface area contributed by atoms with Gasteiger partial charge in [0.25, 0.3) is 0 Å². The van der Waals surface area contributed by atoms with Gasteiger partial charge in [0, 0.05) is 18.8 Å². The van der Waals surface area contributed by atoms with Crippen LogP contribution in [0.25, 0.3) is 0 Å². The van der Waals surface area contributed by atoms with E-state index in [4.69, 9.17) is 0 Å². The maximum Gasteiger partial charge on any atom is 0.0177 e. The normalized spacial score (nSPS) is 17.2. The smallest absolute Gasteiger partial charge is 0.0177 e. The molecule has 1 aliphatic rings. The molecule has 16 heavy (non-hydrogen) atoms. The van der Waals surface area contributed by atoms with E-state index in [1.165, 1.54) is 37.2 Å². The van der Waals surface area contributed by atoms with Crippen molar-refractivity contribution < 1.29 is 0 Å². The van der Waals surface area contributed by atoms with Crippen molar-refractivity contribution in [1.82, 2.24) is 4.90 Å². The molecule has 90 valence electrons. The third-order valence-corrected chi connectivity index (χ3v) is 3.61. The number of allylic oxidation sites excluding steroid dienone is 3. The fraction of sp³-hybridized carbons (Fsp3) is 0.600. The van der Waals surface area contributed by atoms with Crippen molar-refractivity contribution in [3.05, 3.63) is 36.6 Å². The summed E-state index contributed by atoms with van der Waals surface area (Å²) in [6, 6.07) is 0. The molecule has 1 nitrogen and oxygen atoms in total. The lowest BCUT2D eigenvalue weighted by Crippen LogP contribution is -2.32. The third kappa shape index (κ3) is 3.55. The van der Waals surface area contributed by atoms with Gasteiger partial charge in [-0.1, -0.05) is 37.8 Å². The lowest BCUT2D eigenvalue weighted by molar-refractivity contribution is 0.222. The molecule has 0 aromatic carbocycles. The van der Waals surface area contributed by atoms with Gasteiger partial charge < -0.3 is 4.90 Å². The Balaban J connectivity index is 2.35. The number of likely N-dealkylation sites (tertiary alicyclic amines) is 1. The summed E-state index contributed by atoms with van der Waals surface area (Å²) >= 11 is 0. The minimum absolute atomic E-state index is 0.796. The zero-order valence-electron chi connectivity index (χ0n) is 10.9. The number of nitrogens with zero attached hydrogens (tertiary/aromatic N) is 1. The molecule has 0 N–H and O–H groups in total. The van der Waals surface area contributed by atoms with Gasteiger partial charge in [-0.25, -0.2) is 0 Å². The summed E-state index contributed by atoms with van der Waals surface area (Å²) in [6.07, 6.45) is 4.74. The van der Waals surface area contributed by atoms with Crippen LogP contribution in [-0.4, -0.2) is 18.0 Å². The van der Waals surface area contributed by atoms with E-state index in [-0.39, 0.29) is 0 Å². The quantitative estimate of drug-likeness (QED) is 0.628. The fourth-order valence-electron chi connectivity index (χ4n) is 2.20. The minimum Gasteiger partial charge on any atom is -0.375 e. The van der Waals surface area contributed by atoms with Gasteiger partial charge in [0.15, 0.2) is 0 Å². The standard InChI is InChI=1S/C15H25N/c1-6-14(5)16-9-7-15(8-10-16)11-13(4)12(2)3/h15H,2,4-11H2,1,3H3. The molecule has 1 rings (SSSR count). The monoisotopic (exact) mass is 219 g/mol. The third-order valence-electron chi connectivity index (χ3n) is 3.61. The summed E-state index contributed by atoms with van der Waals surface area (Å²) in [5.74, 6) is 0.796. The van der Waals surface area contributed by atoms with Crippen LogP contribution in [0.15, 0.2) is 36.6 Å². The lowest BCUT2D eigenvalue weighted by atomic mass is 9.88. The second-order valence-electron chi connectivity index (χ2n) is 4.94. The molecule has 1 heteroatoms. The van der Waals surface area contributed by atoms with Crippen LogP contribution in [0.5, 0.6) is 0 Å². The van der Waals surface area contributed by atoms with Gasteiger partial charge in [0.2, 0.25) is 0 Å². The Labute approximate surface area is 101 Å². The molecule has 1 heterocycles. The summed E-state index contributed by atoms with van der Waals surface area (Å²) in [5, 5.41) is 0. The first kappa shape index (κ1) is 13.1. The molecule has 1 aliphatic heterocycles. The molecule has 0 radical (unpaired) electrons. The van der Waals surface area contributed by atoms with Gasteiger partial charge in [-0.2, -0.15) is 0 Å². The van der Waals surface area contributed by atoms with Crippen molar-refractivity contribution in [2.75, 3.05) is 13.1 Å². The largest absolute Gasteiger partial charge is 0.375 e. The number of rotatable bonds is 5. The summed E-state index contributed by atoms with van der Waals surface area (Å²) in [6.45, 7) is 18.7. The van der Waals surface area contributed by atoms with E-state index in [9.17, 15) is 0 Å². The highest BCUT2D eigenvalue weighted by Crippen LogP contribution is 2.27. The van der Waals surface area contributed by atoms with Crippen LogP contribution in [0.2, 0.25) is 0 Å². The van der Waals surface area contributed by atoms with E-state index in [0.717, 1.165) is 24.3 Å². The van der Waals surface area contributed by atoms with E-state index in [2.05, 4.69) is 38.5 Å². The molecule has 1 saturated heterocycles. The number of hydrogen-bond acceptors (Lipinski definition) is 1. The predicted molar refractivity (Wildman–Crippen MR) is 72.3 cm³/mol. The molecule has 0 atom stereocenters. The molecule has 0 aliphatic carbocycles. The Morgan fingerprint density at radius 2 is 1.75 bits per heavy atom. The van der Waals surface area contributed by atoms with Crippen LogP contribution in [0.4, 0.5) is 0 Å². The van der Waals surface area contributed by atoms with Crippen molar-refractivity contribution in [1.29, 1.82) is 0 Å². The van der Waals surface area contributed by atoms with Crippen LogP contribution in [0.3, 0.4) is 0 Å². The molecule has 0 unspecified atom stereocenters. The van der Waals surface area contributed by atoms with Gasteiger partial charge >= 0.3 is 0 Å². The van der Waals surface area contributed by atoms with Crippen molar-refractivity contribution in [3.8, 4) is 0 Å². The highest BCUT2D eigenvalue weighted by Gasteiger charge is 2.19. The first-order chi connectivity index (χ1) is 7.54. The summed E-state index contributed by atoms with van der Waals surface area (Å²) in [5.41, 5.74) is 3.66. The molecule has 0 amide bonds. The van der Waals surface area contributed by atoms with Gasteiger partial charge in [-0.3, -0.25) is 0 Å². The van der Waals surface area contributed by atoms with Crippen LogP contribution < -0.4 is 0 Å². The lowest BCUT2D eigenvalue weighted by Gasteiger charge is -2.34. The van der Waals surface area contributed by atoms with Crippen molar-refractivity contribution in [3.63, 3.8) is 0 Å². The topological polar surface area (TPSA) is 3.24 Å². The Morgan fingerprint density at radius 3 is 2.19 bits per heavy atom. The van der Waals surface area contributed by atoms with Crippen molar-refractivity contribution in [2.24, 2.45) is 5.92 Å². The number of piperidine rings is 1. The Bertz CT molecular complexity index is 280. The van der Waals surface area contributed by atoms with E-state index >= 15 is 0 Å². The molecule has 0 aromatic rings. The predicted octanol–water partition coefficient (Wildman–Crippen LogP) is 4.14. The van der Waals surface area contributed by atoms with Crippen molar-refractivity contribution in [2.45, 2.75) is 39.5 Å². The average molecular weight is 219 g/mol. The van der Waals surface area contributed by atoms with Crippen LogP contribution in [-0.2, 0) is 0 Å². The Hall–Kier alpha value is -0.980. The molecular formula is C15H25N. The molecule has 0 saturated carbocycles. The first-order valence-corrected chi connectivity index (χ1v) is 6.31.